The second-order valence-corrected chi connectivity index (χ2v) is 5.19. The second kappa shape index (κ2) is 5.35. The van der Waals surface area contributed by atoms with E-state index in [4.69, 9.17) is 10.5 Å². The first-order valence-electron chi connectivity index (χ1n) is 6.53. The molecule has 0 aliphatic carbocycles. The number of hydrogen-bond acceptors (Lipinski definition) is 2. The van der Waals surface area contributed by atoms with Gasteiger partial charge in [0.25, 0.3) is 0 Å². The number of benzene rings is 2. The molecular weight excluding hydrogens is 234 g/mol. The molecule has 19 heavy (non-hydrogen) atoms. The molecule has 0 saturated carbocycles. The van der Waals surface area contributed by atoms with Gasteiger partial charge in [-0.15, -0.1) is 0 Å². The molecule has 0 unspecified atom stereocenters. The van der Waals surface area contributed by atoms with Crippen molar-refractivity contribution in [2.45, 2.75) is 34.3 Å². The fourth-order valence-corrected chi connectivity index (χ4v) is 2.11. The Morgan fingerprint density at radius 2 is 1.63 bits per heavy atom. The Balaban J connectivity index is 2.19. The first-order valence-corrected chi connectivity index (χ1v) is 6.53. The largest absolute Gasteiger partial charge is 0.489 e. The van der Waals surface area contributed by atoms with Gasteiger partial charge in [0.05, 0.1) is 0 Å². The van der Waals surface area contributed by atoms with Gasteiger partial charge in [-0.05, 0) is 49.9 Å². The number of hydrogen-bond donors (Lipinski definition) is 1. The Bertz CT molecular complexity index is 602. The molecule has 2 N–H and O–H groups in total. The van der Waals surface area contributed by atoms with Gasteiger partial charge >= 0.3 is 0 Å². The highest BCUT2D eigenvalue weighted by Crippen LogP contribution is 2.25. The maximum absolute atomic E-state index is 5.93. The number of aryl methyl sites for hydroxylation is 4. The predicted octanol–water partition coefficient (Wildman–Crippen LogP) is 4.08. The SMILES string of the molecule is Cc1ccc(C)c(COc2cc(N)c(C)cc2C)c1. The fourth-order valence-electron chi connectivity index (χ4n) is 2.11. The van der Waals surface area contributed by atoms with Crippen LogP contribution in [0.25, 0.3) is 0 Å². The molecule has 100 valence electrons. The topological polar surface area (TPSA) is 35.2 Å². The van der Waals surface area contributed by atoms with Crippen LogP contribution >= 0.6 is 0 Å². The van der Waals surface area contributed by atoms with Crippen molar-refractivity contribution in [2.24, 2.45) is 0 Å². The summed E-state index contributed by atoms with van der Waals surface area (Å²) in [5.41, 5.74) is 12.7. The molecule has 2 aromatic carbocycles. The number of nitrogen functional groups attached to an aromatic ring is 1. The van der Waals surface area contributed by atoms with E-state index in [-0.39, 0.29) is 0 Å². The molecule has 2 nitrogen and oxygen atoms in total. The van der Waals surface area contributed by atoms with Crippen LogP contribution in [0.5, 0.6) is 5.75 Å². The summed E-state index contributed by atoms with van der Waals surface area (Å²) in [7, 11) is 0. The summed E-state index contributed by atoms with van der Waals surface area (Å²) < 4.78 is 5.91. The van der Waals surface area contributed by atoms with Crippen molar-refractivity contribution < 1.29 is 4.74 Å². The summed E-state index contributed by atoms with van der Waals surface area (Å²) in [5.74, 6) is 0.865. The van der Waals surface area contributed by atoms with Crippen molar-refractivity contribution in [3.05, 3.63) is 58.1 Å². The Morgan fingerprint density at radius 3 is 2.37 bits per heavy atom. The van der Waals surface area contributed by atoms with E-state index < -0.39 is 0 Å². The van der Waals surface area contributed by atoms with Crippen LogP contribution in [0.3, 0.4) is 0 Å². The number of ether oxygens (including phenoxy) is 1. The lowest BCUT2D eigenvalue weighted by atomic mass is 10.1. The molecule has 2 rings (SSSR count). The Kier molecular flexibility index (Phi) is 3.79. The lowest BCUT2D eigenvalue weighted by Crippen LogP contribution is -2.01. The molecule has 2 heteroatoms. The summed E-state index contributed by atoms with van der Waals surface area (Å²) >= 11 is 0. The maximum atomic E-state index is 5.93. The molecule has 0 saturated heterocycles. The van der Waals surface area contributed by atoms with Gasteiger partial charge in [-0.3, -0.25) is 0 Å². The van der Waals surface area contributed by atoms with Crippen molar-refractivity contribution in [1.82, 2.24) is 0 Å². The molecule has 0 radical (unpaired) electrons. The molecule has 0 fully saturated rings. The summed E-state index contributed by atoms with van der Waals surface area (Å²) in [6, 6.07) is 10.4. The van der Waals surface area contributed by atoms with Crippen molar-refractivity contribution in [1.29, 1.82) is 0 Å². The van der Waals surface area contributed by atoms with Gasteiger partial charge < -0.3 is 10.5 Å². The summed E-state index contributed by atoms with van der Waals surface area (Å²) in [6.07, 6.45) is 0. The van der Waals surface area contributed by atoms with Gasteiger partial charge in [-0.25, -0.2) is 0 Å². The van der Waals surface area contributed by atoms with Gasteiger partial charge in [0.1, 0.15) is 12.4 Å². The van der Waals surface area contributed by atoms with Crippen LogP contribution in [0.4, 0.5) is 5.69 Å². The Hall–Kier alpha value is -1.96. The zero-order valence-electron chi connectivity index (χ0n) is 12.1. The third kappa shape index (κ3) is 3.08. The predicted molar refractivity (Wildman–Crippen MR) is 80.6 cm³/mol. The van der Waals surface area contributed by atoms with Crippen LogP contribution < -0.4 is 10.5 Å². The minimum atomic E-state index is 0.580. The number of anilines is 1. The normalized spacial score (nSPS) is 10.5. The molecule has 2 aromatic rings. The summed E-state index contributed by atoms with van der Waals surface area (Å²) in [6.45, 7) is 8.84. The van der Waals surface area contributed by atoms with Gasteiger partial charge in [0.15, 0.2) is 0 Å². The third-order valence-corrected chi connectivity index (χ3v) is 3.45. The van der Waals surface area contributed by atoms with Crippen molar-refractivity contribution in [3.8, 4) is 5.75 Å². The smallest absolute Gasteiger partial charge is 0.124 e. The van der Waals surface area contributed by atoms with Crippen LogP contribution in [0.1, 0.15) is 27.8 Å². The molecular formula is C17H21NO. The van der Waals surface area contributed by atoms with Gasteiger partial charge in [-0.2, -0.15) is 0 Å². The molecule has 0 aliphatic rings. The Labute approximate surface area is 115 Å². The minimum Gasteiger partial charge on any atom is -0.489 e. The Morgan fingerprint density at radius 1 is 0.895 bits per heavy atom. The van der Waals surface area contributed by atoms with Crippen LogP contribution in [0, 0.1) is 27.7 Å². The fraction of sp³-hybridized carbons (Fsp3) is 0.294. The average Bonchev–Trinajstić information content (AvgIpc) is 2.36. The highest BCUT2D eigenvalue weighted by Gasteiger charge is 2.05. The third-order valence-electron chi connectivity index (χ3n) is 3.45. The van der Waals surface area contributed by atoms with E-state index in [1.165, 1.54) is 16.7 Å². The molecule has 0 heterocycles. The molecule has 0 spiro atoms. The van der Waals surface area contributed by atoms with Crippen LogP contribution in [-0.2, 0) is 6.61 Å². The number of nitrogens with two attached hydrogens (primary N) is 1. The van der Waals surface area contributed by atoms with Crippen molar-refractivity contribution >= 4 is 5.69 Å². The van der Waals surface area contributed by atoms with Gasteiger partial charge in [0, 0.05) is 11.8 Å². The van der Waals surface area contributed by atoms with Crippen molar-refractivity contribution in [2.75, 3.05) is 5.73 Å². The zero-order chi connectivity index (χ0) is 14.0. The molecule has 0 amide bonds. The molecule has 0 atom stereocenters. The van der Waals surface area contributed by atoms with Crippen molar-refractivity contribution in [3.63, 3.8) is 0 Å². The zero-order valence-corrected chi connectivity index (χ0v) is 12.1. The van der Waals surface area contributed by atoms with Crippen LogP contribution in [0.2, 0.25) is 0 Å². The molecule has 0 bridgehead atoms. The van der Waals surface area contributed by atoms with E-state index in [0.29, 0.717) is 6.61 Å². The lowest BCUT2D eigenvalue weighted by Gasteiger charge is -2.13. The van der Waals surface area contributed by atoms with E-state index in [9.17, 15) is 0 Å². The molecule has 0 aliphatic heterocycles. The highest BCUT2D eigenvalue weighted by atomic mass is 16.5. The lowest BCUT2D eigenvalue weighted by molar-refractivity contribution is 0.303. The summed E-state index contributed by atoms with van der Waals surface area (Å²) in [5, 5.41) is 0. The molecule has 0 aromatic heterocycles. The number of rotatable bonds is 3. The van der Waals surface area contributed by atoms with E-state index in [0.717, 1.165) is 22.6 Å². The second-order valence-electron chi connectivity index (χ2n) is 5.19. The average molecular weight is 255 g/mol. The van der Waals surface area contributed by atoms with Crippen LogP contribution in [-0.4, -0.2) is 0 Å². The standard InChI is InChI=1S/C17H21NO/c1-11-5-6-12(2)15(7-11)10-19-17-9-16(18)13(3)8-14(17)4/h5-9H,10,18H2,1-4H3. The van der Waals surface area contributed by atoms with E-state index >= 15 is 0 Å². The first-order chi connectivity index (χ1) is 8.97. The van der Waals surface area contributed by atoms with Crippen LogP contribution in [0.15, 0.2) is 30.3 Å². The first kappa shape index (κ1) is 13.5. The monoisotopic (exact) mass is 255 g/mol. The highest BCUT2D eigenvalue weighted by molar-refractivity contribution is 5.54. The van der Waals surface area contributed by atoms with Gasteiger partial charge in [0.2, 0.25) is 0 Å². The van der Waals surface area contributed by atoms with E-state index in [1.54, 1.807) is 0 Å². The van der Waals surface area contributed by atoms with E-state index in [2.05, 4.69) is 38.1 Å². The minimum absolute atomic E-state index is 0.580. The van der Waals surface area contributed by atoms with E-state index in [1.807, 2.05) is 19.9 Å². The maximum Gasteiger partial charge on any atom is 0.124 e. The summed E-state index contributed by atoms with van der Waals surface area (Å²) in [4.78, 5) is 0. The van der Waals surface area contributed by atoms with Gasteiger partial charge in [-0.1, -0.05) is 29.8 Å². The quantitative estimate of drug-likeness (QED) is 0.839.